The van der Waals surface area contributed by atoms with Crippen LogP contribution in [0.4, 0.5) is 5.00 Å². The van der Waals surface area contributed by atoms with Crippen molar-refractivity contribution < 1.29 is 10.0 Å². The highest BCUT2D eigenvalue weighted by atomic mass is 32.1. The van der Waals surface area contributed by atoms with Gasteiger partial charge in [-0.15, -0.1) is 12.6 Å². The molecule has 0 atom stereocenters. The van der Waals surface area contributed by atoms with Crippen LogP contribution in [0.2, 0.25) is 0 Å². The highest BCUT2D eigenvalue weighted by Gasteiger charge is 2.13. The van der Waals surface area contributed by atoms with Crippen molar-refractivity contribution in [2.45, 2.75) is 4.90 Å². The van der Waals surface area contributed by atoms with Gasteiger partial charge in [0.2, 0.25) is 0 Å². The van der Waals surface area contributed by atoms with E-state index >= 15 is 0 Å². The molecule has 1 aromatic carbocycles. The third kappa shape index (κ3) is 1.42. The minimum atomic E-state index is -0.449. The van der Waals surface area contributed by atoms with Gasteiger partial charge in [0.25, 0.3) is 0 Å². The lowest BCUT2D eigenvalue weighted by Gasteiger charge is -1.94. The van der Waals surface area contributed by atoms with E-state index in [1.165, 1.54) is 18.2 Å². The van der Waals surface area contributed by atoms with Crippen LogP contribution in [-0.4, -0.2) is 10.0 Å². The molecule has 0 fully saturated rings. The zero-order valence-corrected chi connectivity index (χ0v) is 8.51. The van der Waals surface area contributed by atoms with Crippen LogP contribution < -0.4 is 0 Å². The molecular formula is C8H5NO3S2. The summed E-state index contributed by atoms with van der Waals surface area (Å²) in [6.07, 6.45) is 0. The Balaban J connectivity index is 2.76. The van der Waals surface area contributed by atoms with Gasteiger partial charge in [-0.05, 0) is 12.1 Å². The molecule has 72 valence electrons. The molecule has 0 saturated carbocycles. The Kier molecular flexibility index (Phi) is 2.09. The summed E-state index contributed by atoms with van der Waals surface area (Å²) in [7, 11) is 0. The zero-order valence-electron chi connectivity index (χ0n) is 6.80. The number of benzene rings is 1. The average Bonchev–Trinajstić information content (AvgIpc) is 2.47. The summed E-state index contributed by atoms with van der Waals surface area (Å²) in [5.41, 5.74) is 0. The van der Waals surface area contributed by atoms with Crippen molar-refractivity contribution in [3.63, 3.8) is 0 Å². The third-order valence-electron chi connectivity index (χ3n) is 1.77. The maximum absolute atomic E-state index is 10.5. The smallest absolute Gasteiger partial charge is 0.325 e. The first-order valence-corrected chi connectivity index (χ1v) is 4.94. The first-order valence-electron chi connectivity index (χ1n) is 3.68. The van der Waals surface area contributed by atoms with E-state index in [1.807, 2.05) is 0 Å². The molecular weight excluding hydrogens is 222 g/mol. The number of aromatic hydroxyl groups is 1. The van der Waals surface area contributed by atoms with Gasteiger partial charge in [0.1, 0.15) is 5.75 Å². The van der Waals surface area contributed by atoms with Crippen LogP contribution in [0.15, 0.2) is 23.1 Å². The van der Waals surface area contributed by atoms with E-state index in [2.05, 4.69) is 12.6 Å². The molecule has 0 unspecified atom stereocenters. The number of thiophene rings is 1. The van der Waals surface area contributed by atoms with Crippen molar-refractivity contribution in [3.8, 4) is 5.75 Å². The van der Waals surface area contributed by atoms with Gasteiger partial charge in [-0.2, -0.15) is 0 Å². The van der Waals surface area contributed by atoms with Crippen molar-refractivity contribution in [1.82, 2.24) is 0 Å². The van der Waals surface area contributed by atoms with Gasteiger partial charge < -0.3 is 5.11 Å². The SMILES string of the molecule is O=[N+]([O-])c1cc2c(S)cc(O)cc2s1. The molecule has 6 heteroatoms. The van der Waals surface area contributed by atoms with Crippen LogP contribution in [-0.2, 0) is 0 Å². The van der Waals surface area contributed by atoms with Gasteiger partial charge in [0.05, 0.1) is 4.92 Å². The maximum atomic E-state index is 10.5. The Morgan fingerprint density at radius 1 is 1.43 bits per heavy atom. The van der Waals surface area contributed by atoms with Crippen LogP contribution in [0.25, 0.3) is 10.1 Å². The molecule has 2 aromatic rings. The van der Waals surface area contributed by atoms with E-state index in [0.29, 0.717) is 15.0 Å². The monoisotopic (exact) mass is 227 g/mol. The van der Waals surface area contributed by atoms with Crippen LogP contribution >= 0.6 is 24.0 Å². The summed E-state index contributed by atoms with van der Waals surface area (Å²) in [6, 6.07) is 4.41. The summed E-state index contributed by atoms with van der Waals surface area (Å²) in [5, 5.41) is 20.5. The fourth-order valence-electron chi connectivity index (χ4n) is 1.18. The van der Waals surface area contributed by atoms with E-state index < -0.39 is 4.92 Å². The lowest BCUT2D eigenvalue weighted by Crippen LogP contribution is -1.80. The summed E-state index contributed by atoms with van der Waals surface area (Å²) >= 11 is 5.15. The van der Waals surface area contributed by atoms with Crippen molar-refractivity contribution in [2.24, 2.45) is 0 Å². The van der Waals surface area contributed by atoms with Crippen molar-refractivity contribution in [3.05, 3.63) is 28.3 Å². The second kappa shape index (κ2) is 3.14. The second-order valence-corrected chi connectivity index (χ2v) is 4.26. The molecule has 1 aromatic heterocycles. The molecule has 2 rings (SSSR count). The molecule has 0 radical (unpaired) electrons. The molecule has 0 amide bonds. The molecule has 0 aliphatic rings. The lowest BCUT2D eigenvalue weighted by atomic mass is 10.2. The normalized spacial score (nSPS) is 10.6. The molecule has 4 nitrogen and oxygen atoms in total. The number of rotatable bonds is 1. The number of hydrogen-bond donors (Lipinski definition) is 2. The fraction of sp³-hybridized carbons (Fsp3) is 0. The molecule has 0 saturated heterocycles. The van der Waals surface area contributed by atoms with Gasteiger partial charge >= 0.3 is 5.00 Å². The zero-order chi connectivity index (χ0) is 10.3. The number of nitro groups is 1. The number of nitrogens with zero attached hydrogens (tertiary/aromatic N) is 1. The summed E-state index contributed by atoms with van der Waals surface area (Å²) < 4.78 is 0.668. The Morgan fingerprint density at radius 3 is 2.79 bits per heavy atom. The Morgan fingerprint density at radius 2 is 2.14 bits per heavy atom. The number of thiol groups is 1. The standard InChI is InChI=1S/C8H5NO3S2/c10-4-1-6(13)5-3-8(9(11)12)14-7(5)2-4/h1-3,10,13H. The summed E-state index contributed by atoms with van der Waals surface area (Å²) in [5.74, 6) is 0.0687. The van der Waals surface area contributed by atoms with Crippen molar-refractivity contribution in [1.29, 1.82) is 0 Å². The molecule has 0 aliphatic heterocycles. The highest BCUT2D eigenvalue weighted by Crippen LogP contribution is 2.37. The lowest BCUT2D eigenvalue weighted by molar-refractivity contribution is -0.380. The summed E-state index contributed by atoms with van der Waals surface area (Å²) in [6.45, 7) is 0. The van der Waals surface area contributed by atoms with Crippen LogP contribution in [0.5, 0.6) is 5.75 Å². The molecule has 0 bridgehead atoms. The van der Waals surface area contributed by atoms with Crippen molar-refractivity contribution in [2.75, 3.05) is 0 Å². The first kappa shape index (κ1) is 9.29. The molecule has 14 heavy (non-hydrogen) atoms. The molecule has 1 N–H and O–H groups in total. The largest absolute Gasteiger partial charge is 0.508 e. The van der Waals surface area contributed by atoms with Crippen LogP contribution in [0.3, 0.4) is 0 Å². The van der Waals surface area contributed by atoms with Gasteiger partial charge in [-0.1, -0.05) is 11.3 Å². The quantitative estimate of drug-likeness (QED) is 0.447. The minimum Gasteiger partial charge on any atom is -0.508 e. The highest BCUT2D eigenvalue weighted by molar-refractivity contribution is 7.80. The fourth-order valence-corrected chi connectivity index (χ4v) is 2.51. The first-order chi connectivity index (χ1) is 6.58. The second-order valence-electron chi connectivity index (χ2n) is 2.72. The van der Waals surface area contributed by atoms with Gasteiger partial charge in [-0.25, -0.2) is 0 Å². The van der Waals surface area contributed by atoms with E-state index in [9.17, 15) is 15.2 Å². The summed E-state index contributed by atoms with van der Waals surface area (Å²) in [4.78, 5) is 10.6. The van der Waals surface area contributed by atoms with Gasteiger partial charge in [0.15, 0.2) is 0 Å². The van der Waals surface area contributed by atoms with Crippen LogP contribution in [0.1, 0.15) is 0 Å². The number of phenols is 1. The van der Waals surface area contributed by atoms with E-state index in [4.69, 9.17) is 0 Å². The Hall–Kier alpha value is -1.27. The Labute approximate surface area is 88.4 Å². The maximum Gasteiger partial charge on any atom is 0.325 e. The van der Waals surface area contributed by atoms with Gasteiger partial charge in [-0.3, -0.25) is 10.1 Å². The minimum absolute atomic E-state index is 0.0564. The van der Waals surface area contributed by atoms with Crippen LogP contribution in [0, 0.1) is 10.1 Å². The van der Waals surface area contributed by atoms with Gasteiger partial charge in [0, 0.05) is 21.0 Å². The predicted octanol–water partition coefficient (Wildman–Crippen LogP) is 2.80. The van der Waals surface area contributed by atoms with E-state index in [1.54, 1.807) is 0 Å². The average molecular weight is 227 g/mol. The predicted molar refractivity (Wildman–Crippen MR) is 57.4 cm³/mol. The molecule has 1 heterocycles. The molecule has 0 spiro atoms. The number of fused-ring (bicyclic) bond motifs is 1. The topological polar surface area (TPSA) is 63.4 Å². The Bertz CT molecular complexity index is 521. The van der Waals surface area contributed by atoms with E-state index in [-0.39, 0.29) is 10.8 Å². The number of hydrogen-bond acceptors (Lipinski definition) is 5. The number of phenolic OH excluding ortho intramolecular Hbond substituents is 1. The van der Waals surface area contributed by atoms with E-state index in [0.717, 1.165) is 11.3 Å². The third-order valence-corrected chi connectivity index (χ3v) is 3.17. The molecule has 0 aliphatic carbocycles. The van der Waals surface area contributed by atoms with Crippen molar-refractivity contribution >= 4 is 39.1 Å².